The number of benzene rings is 12. The molecule has 0 fully saturated rings. The van der Waals surface area contributed by atoms with Crippen LogP contribution in [0.3, 0.4) is 0 Å². The quantitative estimate of drug-likeness (QED) is 0.0355. The summed E-state index contributed by atoms with van der Waals surface area (Å²) in [5, 5.41) is 23.4. The third-order valence-corrected chi connectivity index (χ3v) is 23.0. The second kappa shape index (κ2) is 40.0. The first kappa shape index (κ1) is 85.4. The average molecular weight is 1700 g/mol. The van der Waals surface area contributed by atoms with Crippen molar-refractivity contribution in [2.45, 2.75) is 109 Å². The van der Waals surface area contributed by atoms with Crippen molar-refractivity contribution in [3.05, 3.63) is 437 Å². The molecule has 19 nitrogen and oxygen atoms in total. The fourth-order valence-electron chi connectivity index (χ4n) is 16.5. The summed E-state index contributed by atoms with van der Waals surface area (Å²) in [5.74, 6) is 5.08. The Morgan fingerprint density at radius 1 is 0.302 bits per heavy atom. The molecule has 4 atom stereocenters. The predicted octanol–water partition coefficient (Wildman–Crippen LogP) is 18.4. The van der Waals surface area contributed by atoms with Crippen molar-refractivity contribution in [2.75, 3.05) is 27.9 Å². The van der Waals surface area contributed by atoms with E-state index in [1.54, 1.807) is 36.6 Å². The number of rotatable bonds is 24. The lowest BCUT2D eigenvalue weighted by molar-refractivity contribution is -0.553. The summed E-state index contributed by atoms with van der Waals surface area (Å²) >= 11 is 0. The molecule has 16 aromatic rings. The van der Waals surface area contributed by atoms with E-state index in [1.807, 2.05) is 258 Å². The molecule has 4 aliphatic rings. The minimum absolute atomic E-state index is 0.00981. The monoisotopic (exact) mass is 1700 g/mol. The summed E-state index contributed by atoms with van der Waals surface area (Å²) in [7, 11) is 0. The number of phenols is 1. The Bertz CT molecular complexity index is 6390. The predicted molar refractivity (Wildman–Crippen MR) is 503 cm³/mol. The normalized spacial score (nSPS) is 14.7. The molecular weight excluding hydrogens is 1600 g/mol. The highest BCUT2D eigenvalue weighted by Crippen LogP contribution is 2.33. The fourth-order valence-corrected chi connectivity index (χ4v) is 16.5. The summed E-state index contributed by atoms with van der Waals surface area (Å²) in [6.07, 6.45) is 12.5. The summed E-state index contributed by atoms with van der Waals surface area (Å²) in [6, 6.07) is 111. The smallest absolute Gasteiger partial charge is 0.359 e. The van der Waals surface area contributed by atoms with Crippen LogP contribution in [0.2, 0.25) is 0 Å². The lowest BCUT2D eigenvalue weighted by Gasteiger charge is -2.10. The second-order valence-electron chi connectivity index (χ2n) is 32.8. The van der Waals surface area contributed by atoms with Crippen molar-refractivity contribution in [2.24, 2.45) is 0 Å². The number of nitrogens with zero attached hydrogens (tertiary/aromatic N) is 8. The third kappa shape index (κ3) is 20.9. The number of carbonyl (C=O) groups excluding carboxylic acids is 4. The van der Waals surface area contributed by atoms with Gasteiger partial charge in [0.1, 0.15) is 87.6 Å². The molecule has 0 radical (unpaired) electrons. The summed E-state index contributed by atoms with van der Waals surface area (Å²) in [4.78, 5) is 73.3. The zero-order valence-corrected chi connectivity index (χ0v) is 72.4. The largest absolute Gasteiger partial charge is 0.508 e. The zero-order chi connectivity index (χ0) is 88.5. The lowest BCUT2D eigenvalue weighted by atomic mass is 10.1. The van der Waals surface area contributed by atoms with Gasteiger partial charge in [-0.1, -0.05) is 272 Å². The minimum Gasteiger partial charge on any atom is -0.508 e. The molecule has 12 aromatic carbocycles. The molecule has 638 valence electrons. The van der Waals surface area contributed by atoms with Gasteiger partial charge in [-0.25, -0.2) is 39.1 Å². The Kier molecular flexibility index (Phi) is 26.5. The molecule has 0 spiro atoms. The van der Waals surface area contributed by atoms with Crippen molar-refractivity contribution < 1.29 is 52.0 Å². The molecule has 5 N–H and O–H groups in total. The van der Waals surface area contributed by atoms with Crippen LogP contribution in [-0.4, -0.2) is 85.5 Å². The number of hydrogen-bond acceptors (Lipinski definition) is 15. The lowest BCUT2D eigenvalue weighted by Crippen LogP contribution is -2.44. The van der Waals surface area contributed by atoms with Gasteiger partial charge in [0.2, 0.25) is 0 Å². The van der Waals surface area contributed by atoms with Gasteiger partial charge in [-0.2, -0.15) is 18.3 Å². The number of aromatic nitrogens is 8. The number of nitrogens with one attached hydrogen (secondary N) is 4. The number of aromatic hydroxyl groups is 1. The molecular formula is C110H100N12O7+4. The number of aryl methyl sites for hydroxylation is 1. The highest BCUT2D eigenvalue weighted by molar-refractivity contribution is 5.86. The average Bonchev–Trinajstić information content (AvgIpc) is 1.72. The maximum atomic E-state index is 13.4. The van der Waals surface area contributed by atoms with Gasteiger partial charge in [-0.05, 0) is 145 Å². The van der Waals surface area contributed by atoms with Crippen LogP contribution in [0.5, 0.6) is 17.2 Å². The number of fused-ring (bicyclic) bond motifs is 4. The Hall–Kier alpha value is -15.8. The highest BCUT2D eigenvalue weighted by atomic mass is 16.5. The van der Waals surface area contributed by atoms with Crippen molar-refractivity contribution in [3.63, 3.8) is 0 Å². The molecule has 0 saturated carbocycles. The maximum absolute atomic E-state index is 13.4. The topological polar surface area (TPSA) is 222 Å². The Balaban J connectivity index is 0.000000121. The van der Waals surface area contributed by atoms with Crippen LogP contribution in [0, 0.1) is 6.92 Å². The van der Waals surface area contributed by atoms with Crippen molar-refractivity contribution in [1.82, 2.24) is 19.9 Å². The van der Waals surface area contributed by atoms with E-state index in [4.69, 9.17) is 29.4 Å². The third-order valence-electron chi connectivity index (χ3n) is 23.0. The highest BCUT2D eigenvalue weighted by Gasteiger charge is 2.45. The summed E-state index contributed by atoms with van der Waals surface area (Å²) < 4.78 is 18.3. The standard InChI is InChI=1S/C29H27N3O2.C28H25N3O2.C27H23N3O.C26H21N3O2/c1-20(2)34-24-15-13-23(14-16-24)27-19-32-28(25(30-27)17-21-9-5-3-6-10-21)31-26(29(32)33)18-22-11-7-4-8-12-22;1-2-33-23-15-13-22(14-16-23)26-19-31-27(24(29-26)17-20-9-5-3-6-10-20)30-25(28(31)32)18-21-11-7-4-8-12-21;1-19-12-14-22(15-13-19)25-18-30-26(23(28-25)16-20-8-4-2-5-9-20)29-24(27(30)31)17-21-10-6-3-7-11-21;30-21-13-11-20(12-14-21)24-17-29-25(22(27-24)15-18-7-3-1-4-8-18)28-23(26(29)31)16-19-9-5-2-6-10-19/h3-16,19-20,26H,17-18H2,1-2H3;3-16,19,25H,2,17-18H2,1H3;2-15,18,24H,16-17H2,1H3;1-14,17,23,30H,15-16H2/p+4. The van der Waals surface area contributed by atoms with E-state index in [-0.39, 0.29) is 59.6 Å². The van der Waals surface area contributed by atoms with Crippen LogP contribution < -0.4 is 49.0 Å². The molecule has 129 heavy (non-hydrogen) atoms. The zero-order valence-electron chi connectivity index (χ0n) is 72.4. The van der Waals surface area contributed by atoms with Gasteiger partial charge in [-0.3, -0.25) is 21.3 Å². The van der Waals surface area contributed by atoms with E-state index in [0.717, 1.165) is 136 Å². The van der Waals surface area contributed by atoms with Gasteiger partial charge in [0.25, 0.3) is 0 Å². The number of carbonyl (C=O) groups is 4. The van der Waals surface area contributed by atoms with Gasteiger partial charge >= 0.3 is 46.9 Å². The molecule has 0 aliphatic carbocycles. The SMILES string of the molecule is CC(C)Oc1ccc(-c2c[n+]3c(c(Cc4ccccc4)n2)NC(Cc2ccccc2)C3=O)cc1.CCOc1ccc(-c2c[n+]3c(c(Cc4ccccc4)n2)NC(Cc2ccccc2)C3=O)cc1.Cc1ccc(-c2c[n+]3c(c(Cc4ccccc4)n2)NC(Cc2ccccc2)C3=O)cc1.O=C1C(Cc2ccccc2)Nc2c(Cc3ccccc3)nc(-c3ccc(O)cc3)c[n+]21. The first-order valence-corrected chi connectivity index (χ1v) is 43.9. The van der Waals surface area contributed by atoms with Gasteiger partial charge in [0, 0.05) is 73.6 Å². The van der Waals surface area contributed by atoms with E-state index in [2.05, 4.69) is 137 Å². The van der Waals surface area contributed by atoms with Gasteiger partial charge in [0.05, 0.1) is 12.7 Å². The van der Waals surface area contributed by atoms with Crippen molar-refractivity contribution in [1.29, 1.82) is 0 Å². The molecule has 4 aliphatic heterocycles. The number of anilines is 4. The number of phenolic OH excluding ortho intramolecular Hbond substituents is 1. The van der Waals surface area contributed by atoms with E-state index in [9.17, 15) is 24.3 Å². The van der Waals surface area contributed by atoms with Gasteiger partial charge < -0.3 is 14.6 Å². The Morgan fingerprint density at radius 3 is 0.767 bits per heavy atom. The molecule has 19 heteroatoms. The maximum Gasteiger partial charge on any atom is 0.359 e. The van der Waals surface area contributed by atoms with Crippen LogP contribution in [-0.2, 0) is 51.4 Å². The first-order valence-electron chi connectivity index (χ1n) is 43.9. The molecule has 8 heterocycles. The number of hydrogen-bond donors (Lipinski definition) is 5. The molecule has 20 rings (SSSR count). The first-order chi connectivity index (χ1) is 63.1. The van der Waals surface area contributed by atoms with E-state index in [1.165, 1.54) is 11.1 Å². The molecule has 0 bridgehead atoms. The minimum atomic E-state index is -0.339. The van der Waals surface area contributed by atoms with Crippen molar-refractivity contribution in [3.8, 4) is 62.3 Å². The molecule has 4 aromatic heterocycles. The Morgan fingerprint density at radius 2 is 0.527 bits per heavy atom. The second-order valence-corrected chi connectivity index (χ2v) is 32.8. The van der Waals surface area contributed by atoms with Crippen LogP contribution in [0.15, 0.2) is 365 Å². The van der Waals surface area contributed by atoms with Gasteiger partial charge in [-0.15, -0.1) is 0 Å². The number of ether oxygens (including phenoxy) is 2. The molecule has 0 saturated heterocycles. The fraction of sp³-hybridized carbons (Fsp3) is 0.164. The van der Waals surface area contributed by atoms with Crippen LogP contribution in [0.1, 0.15) is 113 Å². The van der Waals surface area contributed by atoms with Crippen LogP contribution >= 0.6 is 0 Å². The van der Waals surface area contributed by atoms with E-state index >= 15 is 0 Å². The molecule has 0 amide bonds. The van der Waals surface area contributed by atoms with Crippen LogP contribution in [0.25, 0.3) is 45.0 Å². The van der Waals surface area contributed by atoms with Gasteiger partial charge in [0.15, 0.2) is 24.2 Å². The van der Waals surface area contributed by atoms with E-state index in [0.29, 0.717) is 63.7 Å². The van der Waals surface area contributed by atoms with Crippen LogP contribution in [0.4, 0.5) is 23.3 Å². The summed E-state index contributed by atoms with van der Waals surface area (Å²) in [5.41, 5.74) is 20.5. The van der Waals surface area contributed by atoms with E-state index < -0.39 is 0 Å². The van der Waals surface area contributed by atoms with Crippen molar-refractivity contribution >= 4 is 46.9 Å². The Labute approximate surface area is 751 Å². The summed E-state index contributed by atoms with van der Waals surface area (Å²) in [6.45, 7) is 8.67. The molecule has 4 unspecified atom stereocenters.